The molecule has 0 aromatic heterocycles. The Morgan fingerprint density at radius 3 is 2.08 bits per heavy atom. The Labute approximate surface area is 235 Å². The van der Waals surface area contributed by atoms with Gasteiger partial charge in [-0.2, -0.15) is 0 Å². The lowest BCUT2D eigenvalue weighted by molar-refractivity contribution is -0.142. The fourth-order valence-corrected chi connectivity index (χ4v) is 4.56. The van der Waals surface area contributed by atoms with Crippen LogP contribution in [-0.2, 0) is 28.0 Å². The maximum atomic E-state index is 13.7. The highest BCUT2D eigenvalue weighted by Crippen LogP contribution is 2.31. The molecule has 1 atom stereocenters. The average Bonchev–Trinajstić information content (AvgIpc) is 2.89. The van der Waals surface area contributed by atoms with Crippen LogP contribution in [0.15, 0.2) is 83.3 Å². The van der Waals surface area contributed by atoms with Crippen LogP contribution in [0.25, 0.3) is 0 Å². The summed E-state index contributed by atoms with van der Waals surface area (Å²) in [6.45, 7) is 11.2. The van der Waals surface area contributed by atoms with E-state index in [2.05, 4.69) is 55.9 Å². The number of nitrogens with zero attached hydrogens (tertiary/aromatic N) is 1. The predicted molar refractivity (Wildman–Crippen MR) is 157 cm³/mol. The largest absolute Gasteiger partial charge is 0.483 e. The van der Waals surface area contributed by atoms with Crippen molar-refractivity contribution in [3.63, 3.8) is 0 Å². The first-order valence-corrected chi connectivity index (χ1v) is 13.9. The number of amides is 2. The van der Waals surface area contributed by atoms with E-state index in [-0.39, 0.29) is 23.8 Å². The Bertz CT molecular complexity index is 1190. The second-order valence-corrected chi connectivity index (χ2v) is 11.9. The van der Waals surface area contributed by atoms with Gasteiger partial charge in [0, 0.05) is 19.5 Å². The minimum Gasteiger partial charge on any atom is -0.483 e. The van der Waals surface area contributed by atoms with Crippen LogP contribution >= 0.6 is 15.9 Å². The van der Waals surface area contributed by atoms with Gasteiger partial charge >= 0.3 is 0 Å². The van der Waals surface area contributed by atoms with E-state index in [1.54, 1.807) is 4.90 Å². The van der Waals surface area contributed by atoms with Crippen molar-refractivity contribution in [2.75, 3.05) is 13.2 Å². The Morgan fingerprint density at radius 2 is 1.53 bits per heavy atom. The first-order chi connectivity index (χ1) is 18.0. The van der Waals surface area contributed by atoms with Gasteiger partial charge < -0.3 is 15.0 Å². The third kappa shape index (κ3) is 8.73. The van der Waals surface area contributed by atoms with Gasteiger partial charge in [-0.3, -0.25) is 9.59 Å². The maximum Gasteiger partial charge on any atom is 0.261 e. The van der Waals surface area contributed by atoms with E-state index in [9.17, 15) is 9.59 Å². The van der Waals surface area contributed by atoms with Crippen molar-refractivity contribution in [3.8, 4) is 5.75 Å². The van der Waals surface area contributed by atoms with Crippen molar-refractivity contribution in [3.05, 3.63) is 100 Å². The lowest BCUT2D eigenvalue weighted by Gasteiger charge is -2.31. The molecule has 3 aromatic rings. The Hall–Kier alpha value is -3.12. The van der Waals surface area contributed by atoms with Crippen molar-refractivity contribution < 1.29 is 14.3 Å². The van der Waals surface area contributed by atoms with E-state index in [4.69, 9.17) is 4.74 Å². The number of carbonyl (C=O) groups excluding carboxylic acids is 2. The van der Waals surface area contributed by atoms with Crippen LogP contribution in [-0.4, -0.2) is 35.9 Å². The highest BCUT2D eigenvalue weighted by atomic mass is 79.9. The molecule has 2 amide bonds. The Balaban J connectivity index is 1.88. The molecule has 1 N–H and O–H groups in total. The van der Waals surface area contributed by atoms with Gasteiger partial charge in [0.2, 0.25) is 5.91 Å². The molecule has 6 heteroatoms. The van der Waals surface area contributed by atoms with E-state index in [0.717, 1.165) is 15.6 Å². The lowest BCUT2D eigenvalue weighted by atomic mass is 9.87. The Kier molecular flexibility index (Phi) is 10.5. The van der Waals surface area contributed by atoms with Crippen LogP contribution in [0.1, 0.15) is 51.3 Å². The number of carbonyl (C=O) groups is 2. The zero-order valence-electron chi connectivity index (χ0n) is 23.0. The Morgan fingerprint density at radius 1 is 0.921 bits per heavy atom. The molecule has 0 aliphatic carbocycles. The third-order valence-electron chi connectivity index (χ3n) is 6.30. The number of nitrogens with one attached hydrogen (secondary N) is 1. The topological polar surface area (TPSA) is 58.6 Å². The van der Waals surface area contributed by atoms with Crippen molar-refractivity contribution in [2.45, 2.75) is 59.0 Å². The normalized spacial score (nSPS) is 12.2. The van der Waals surface area contributed by atoms with Gasteiger partial charge in [0.25, 0.3) is 5.91 Å². The number of benzene rings is 3. The monoisotopic (exact) mass is 578 g/mol. The van der Waals surface area contributed by atoms with E-state index in [0.29, 0.717) is 31.2 Å². The molecule has 0 bridgehead atoms. The molecule has 0 aliphatic rings. The fourth-order valence-electron chi connectivity index (χ4n) is 4.06. The van der Waals surface area contributed by atoms with Gasteiger partial charge in [-0.25, -0.2) is 0 Å². The highest BCUT2D eigenvalue weighted by Gasteiger charge is 2.31. The van der Waals surface area contributed by atoms with Gasteiger partial charge in [0.05, 0.1) is 4.47 Å². The van der Waals surface area contributed by atoms with E-state index in [1.807, 2.05) is 78.9 Å². The summed E-state index contributed by atoms with van der Waals surface area (Å²) in [5.74, 6) is 0.477. The van der Waals surface area contributed by atoms with Crippen molar-refractivity contribution in [1.29, 1.82) is 0 Å². The van der Waals surface area contributed by atoms with Crippen LogP contribution in [0.4, 0.5) is 0 Å². The first-order valence-electron chi connectivity index (χ1n) is 13.1. The SMILES string of the molecule is CC(C)CNC(=O)C(Cc1ccccc1)N(Cc1ccccc1)C(=O)COc1ccc(C(C)(C)C)cc1Br. The number of halogens is 1. The zero-order chi connectivity index (χ0) is 27.7. The molecular formula is C32H39BrN2O3. The molecular weight excluding hydrogens is 540 g/mol. The minimum absolute atomic E-state index is 0.00262. The predicted octanol–water partition coefficient (Wildman–Crippen LogP) is 6.54. The summed E-state index contributed by atoms with van der Waals surface area (Å²) < 4.78 is 6.79. The zero-order valence-corrected chi connectivity index (χ0v) is 24.6. The first kappa shape index (κ1) is 29.4. The molecule has 0 spiro atoms. The lowest BCUT2D eigenvalue weighted by Crippen LogP contribution is -2.52. The van der Waals surface area contributed by atoms with Gasteiger partial charge in [0.1, 0.15) is 11.8 Å². The molecule has 3 rings (SSSR count). The van der Waals surface area contributed by atoms with Crippen LogP contribution in [0, 0.1) is 5.92 Å². The molecule has 0 fully saturated rings. The van der Waals surface area contributed by atoms with Crippen LogP contribution in [0.2, 0.25) is 0 Å². The maximum absolute atomic E-state index is 13.7. The molecule has 1 unspecified atom stereocenters. The third-order valence-corrected chi connectivity index (χ3v) is 6.92. The van der Waals surface area contributed by atoms with Gasteiger partial charge in [-0.05, 0) is 56.1 Å². The van der Waals surface area contributed by atoms with Crippen LogP contribution in [0.5, 0.6) is 5.75 Å². The molecule has 0 radical (unpaired) electrons. The van der Waals surface area contributed by atoms with E-state index < -0.39 is 6.04 Å². The summed E-state index contributed by atoms with van der Waals surface area (Å²) in [7, 11) is 0. The molecule has 0 saturated heterocycles. The summed E-state index contributed by atoms with van der Waals surface area (Å²) >= 11 is 3.60. The summed E-state index contributed by atoms with van der Waals surface area (Å²) in [6, 6.07) is 24.8. The van der Waals surface area contributed by atoms with E-state index >= 15 is 0 Å². The number of ether oxygens (including phenoxy) is 1. The fraction of sp³-hybridized carbons (Fsp3) is 0.375. The summed E-state index contributed by atoms with van der Waals surface area (Å²) in [6.07, 6.45) is 0.410. The summed E-state index contributed by atoms with van der Waals surface area (Å²) in [4.78, 5) is 28.9. The van der Waals surface area contributed by atoms with E-state index in [1.165, 1.54) is 5.56 Å². The van der Waals surface area contributed by atoms with Crippen molar-refractivity contribution in [2.24, 2.45) is 5.92 Å². The minimum atomic E-state index is -0.681. The molecule has 0 heterocycles. The molecule has 38 heavy (non-hydrogen) atoms. The standard InChI is InChI=1S/C32H39BrN2O3/c1-23(2)20-34-31(37)28(18-24-12-8-6-9-13-24)35(21-25-14-10-7-11-15-25)30(36)22-38-29-17-16-26(19-27(29)33)32(3,4)5/h6-17,19,23,28H,18,20-22H2,1-5H3,(H,34,37). The smallest absolute Gasteiger partial charge is 0.261 e. The summed E-state index contributed by atoms with van der Waals surface area (Å²) in [5, 5.41) is 3.05. The van der Waals surface area contributed by atoms with Crippen molar-refractivity contribution in [1.82, 2.24) is 10.2 Å². The number of hydrogen-bond acceptors (Lipinski definition) is 3. The van der Waals surface area contributed by atoms with Crippen molar-refractivity contribution >= 4 is 27.7 Å². The average molecular weight is 580 g/mol. The molecule has 5 nitrogen and oxygen atoms in total. The van der Waals surface area contributed by atoms with Gasteiger partial charge in [0.15, 0.2) is 6.61 Å². The summed E-state index contributed by atoms with van der Waals surface area (Å²) in [5.41, 5.74) is 3.10. The number of rotatable bonds is 11. The second-order valence-electron chi connectivity index (χ2n) is 11.0. The van der Waals surface area contributed by atoms with Crippen LogP contribution < -0.4 is 10.1 Å². The molecule has 3 aromatic carbocycles. The number of hydrogen-bond donors (Lipinski definition) is 1. The molecule has 0 aliphatic heterocycles. The second kappa shape index (κ2) is 13.6. The van der Waals surface area contributed by atoms with Gasteiger partial charge in [-0.1, -0.05) is 101 Å². The highest BCUT2D eigenvalue weighted by molar-refractivity contribution is 9.10. The molecule has 202 valence electrons. The quantitative estimate of drug-likeness (QED) is 0.281. The van der Waals surface area contributed by atoms with Gasteiger partial charge in [-0.15, -0.1) is 0 Å². The molecule has 0 saturated carbocycles. The van der Waals surface area contributed by atoms with Crippen LogP contribution in [0.3, 0.4) is 0 Å².